The average Bonchev–Trinajstić information content (AvgIpc) is 2.79. The minimum Gasteiger partial charge on any atom is -0.383 e. The highest BCUT2D eigenvalue weighted by Crippen LogP contribution is 2.32. The second kappa shape index (κ2) is 5.26. The molecular formula is C17H16ClN3. The number of hydrogen-bond donors (Lipinski definition) is 1. The van der Waals surface area contributed by atoms with Crippen molar-refractivity contribution >= 4 is 17.4 Å². The van der Waals surface area contributed by atoms with Gasteiger partial charge in [-0.25, -0.2) is 4.68 Å². The third-order valence-electron chi connectivity index (χ3n) is 3.62. The molecule has 1 heterocycles. The normalized spacial score (nSPS) is 10.8. The van der Waals surface area contributed by atoms with Crippen molar-refractivity contribution < 1.29 is 0 Å². The predicted molar refractivity (Wildman–Crippen MR) is 87.9 cm³/mol. The number of halogens is 1. The van der Waals surface area contributed by atoms with Crippen LogP contribution >= 0.6 is 11.6 Å². The highest BCUT2D eigenvalue weighted by atomic mass is 35.5. The van der Waals surface area contributed by atoms with Crippen LogP contribution in [-0.2, 0) is 0 Å². The summed E-state index contributed by atoms with van der Waals surface area (Å²) in [5, 5.41) is 5.38. The van der Waals surface area contributed by atoms with Gasteiger partial charge in [-0.15, -0.1) is 0 Å². The van der Waals surface area contributed by atoms with E-state index in [0.29, 0.717) is 10.8 Å². The van der Waals surface area contributed by atoms with E-state index in [1.54, 1.807) is 4.68 Å². The Labute approximate surface area is 129 Å². The summed E-state index contributed by atoms with van der Waals surface area (Å²) in [6.07, 6.45) is 0. The van der Waals surface area contributed by atoms with E-state index in [4.69, 9.17) is 17.3 Å². The van der Waals surface area contributed by atoms with Gasteiger partial charge in [-0.2, -0.15) is 5.10 Å². The maximum Gasteiger partial charge on any atom is 0.130 e. The maximum absolute atomic E-state index is 6.23. The summed E-state index contributed by atoms with van der Waals surface area (Å²) in [6, 6.07) is 15.7. The van der Waals surface area contributed by atoms with Gasteiger partial charge in [0.05, 0.1) is 11.4 Å². The van der Waals surface area contributed by atoms with Crippen LogP contribution in [0.1, 0.15) is 11.1 Å². The van der Waals surface area contributed by atoms with Crippen molar-refractivity contribution in [3.05, 3.63) is 64.7 Å². The van der Waals surface area contributed by atoms with Crippen molar-refractivity contribution in [3.63, 3.8) is 0 Å². The van der Waals surface area contributed by atoms with Gasteiger partial charge in [0.1, 0.15) is 5.82 Å². The van der Waals surface area contributed by atoms with E-state index < -0.39 is 0 Å². The van der Waals surface area contributed by atoms with E-state index in [1.807, 2.05) is 62.4 Å². The van der Waals surface area contributed by atoms with Gasteiger partial charge in [0, 0.05) is 16.1 Å². The molecule has 4 heteroatoms. The summed E-state index contributed by atoms with van der Waals surface area (Å²) in [5.74, 6) is 0.649. The molecule has 1 aromatic heterocycles. The fourth-order valence-electron chi connectivity index (χ4n) is 2.38. The molecule has 0 aliphatic carbocycles. The first-order valence-electron chi connectivity index (χ1n) is 6.75. The van der Waals surface area contributed by atoms with Crippen molar-refractivity contribution in [2.24, 2.45) is 0 Å². The summed E-state index contributed by atoms with van der Waals surface area (Å²) in [4.78, 5) is 0. The number of aryl methyl sites for hydroxylation is 1. The van der Waals surface area contributed by atoms with E-state index in [9.17, 15) is 0 Å². The number of aromatic nitrogens is 2. The van der Waals surface area contributed by atoms with Crippen LogP contribution < -0.4 is 5.73 Å². The Bertz CT molecular complexity index is 791. The van der Waals surface area contributed by atoms with Crippen LogP contribution in [-0.4, -0.2) is 9.78 Å². The van der Waals surface area contributed by atoms with Crippen LogP contribution in [0.4, 0.5) is 5.82 Å². The minimum absolute atomic E-state index is 0.649. The molecule has 0 atom stereocenters. The lowest BCUT2D eigenvalue weighted by Gasteiger charge is -2.04. The average molecular weight is 298 g/mol. The van der Waals surface area contributed by atoms with Crippen LogP contribution in [0.3, 0.4) is 0 Å². The second-order valence-corrected chi connectivity index (χ2v) is 5.50. The first kappa shape index (κ1) is 13.7. The van der Waals surface area contributed by atoms with E-state index in [0.717, 1.165) is 28.1 Å². The Hall–Kier alpha value is -2.26. The third-order valence-corrected chi connectivity index (χ3v) is 3.86. The van der Waals surface area contributed by atoms with Crippen LogP contribution in [0.5, 0.6) is 0 Å². The van der Waals surface area contributed by atoms with Crippen LogP contribution in [0.25, 0.3) is 16.9 Å². The predicted octanol–water partition coefficient (Wildman–Crippen LogP) is 4.39. The number of hydrogen-bond acceptors (Lipinski definition) is 2. The molecule has 3 rings (SSSR count). The zero-order valence-corrected chi connectivity index (χ0v) is 12.7. The number of nitrogens with zero attached hydrogens (tertiary/aromatic N) is 2. The fraction of sp³-hybridized carbons (Fsp3) is 0.118. The SMILES string of the molecule is Cc1ccc(Cl)cc1-c1nn(-c2ccccc2)c(N)c1C. The monoisotopic (exact) mass is 297 g/mol. The largest absolute Gasteiger partial charge is 0.383 e. The fourth-order valence-corrected chi connectivity index (χ4v) is 2.55. The molecular weight excluding hydrogens is 282 g/mol. The number of benzene rings is 2. The Morgan fingerprint density at radius 3 is 2.48 bits per heavy atom. The third kappa shape index (κ3) is 2.41. The Kier molecular flexibility index (Phi) is 3.43. The second-order valence-electron chi connectivity index (χ2n) is 5.07. The number of rotatable bonds is 2. The molecule has 0 saturated heterocycles. The van der Waals surface area contributed by atoms with E-state index >= 15 is 0 Å². The van der Waals surface area contributed by atoms with Crippen molar-refractivity contribution in [3.8, 4) is 16.9 Å². The Morgan fingerprint density at radius 2 is 1.76 bits per heavy atom. The lowest BCUT2D eigenvalue weighted by atomic mass is 10.0. The van der Waals surface area contributed by atoms with Gasteiger partial charge in [-0.1, -0.05) is 35.9 Å². The number of nitrogen functional groups attached to an aromatic ring is 1. The van der Waals surface area contributed by atoms with Crippen LogP contribution in [0.15, 0.2) is 48.5 Å². The van der Waals surface area contributed by atoms with Gasteiger partial charge >= 0.3 is 0 Å². The molecule has 21 heavy (non-hydrogen) atoms. The molecule has 106 valence electrons. The number of para-hydroxylation sites is 1. The van der Waals surface area contributed by atoms with Crippen molar-refractivity contribution in [1.82, 2.24) is 9.78 Å². The molecule has 0 unspecified atom stereocenters. The summed E-state index contributed by atoms with van der Waals surface area (Å²) in [6.45, 7) is 4.03. The van der Waals surface area contributed by atoms with Gasteiger partial charge in [0.2, 0.25) is 0 Å². The molecule has 0 aliphatic rings. The molecule has 0 amide bonds. The zero-order valence-electron chi connectivity index (χ0n) is 12.0. The molecule has 0 bridgehead atoms. The minimum atomic E-state index is 0.649. The topological polar surface area (TPSA) is 43.8 Å². The molecule has 0 aliphatic heterocycles. The molecule has 0 radical (unpaired) electrons. The highest BCUT2D eigenvalue weighted by Gasteiger charge is 2.16. The van der Waals surface area contributed by atoms with Crippen molar-refractivity contribution in [2.45, 2.75) is 13.8 Å². The van der Waals surface area contributed by atoms with Crippen LogP contribution in [0, 0.1) is 13.8 Å². The van der Waals surface area contributed by atoms with E-state index in [1.165, 1.54) is 0 Å². The van der Waals surface area contributed by atoms with E-state index in [-0.39, 0.29) is 0 Å². The first-order chi connectivity index (χ1) is 10.1. The van der Waals surface area contributed by atoms with E-state index in [2.05, 4.69) is 5.10 Å². The van der Waals surface area contributed by atoms with Gasteiger partial charge in [0.15, 0.2) is 0 Å². The Balaban J connectivity index is 2.20. The molecule has 0 fully saturated rings. The molecule has 2 aromatic carbocycles. The summed E-state index contributed by atoms with van der Waals surface area (Å²) in [7, 11) is 0. The van der Waals surface area contributed by atoms with Gasteiger partial charge in [-0.05, 0) is 43.7 Å². The number of anilines is 1. The molecule has 3 aromatic rings. The highest BCUT2D eigenvalue weighted by molar-refractivity contribution is 6.30. The quantitative estimate of drug-likeness (QED) is 0.762. The summed E-state index contributed by atoms with van der Waals surface area (Å²) < 4.78 is 1.77. The standard InChI is InChI=1S/C17H16ClN3/c1-11-8-9-13(18)10-15(11)16-12(2)17(19)21(20-16)14-6-4-3-5-7-14/h3-10H,19H2,1-2H3. The first-order valence-corrected chi connectivity index (χ1v) is 7.13. The molecule has 3 nitrogen and oxygen atoms in total. The smallest absolute Gasteiger partial charge is 0.130 e. The molecule has 2 N–H and O–H groups in total. The molecule has 0 spiro atoms. The maximum atomic E-state index is 6.23. The van der Waals surface area contributed by atoms with Crippen molar-refractivity contribution in [1.29, 1.82) is 0 Å². The van der Waals surface area contributed by atoms with Gasteiger partial charge < -0.3 is 5.73 Å². The number of nitrogens with two attached hydrogens (primary N) is 1. The molecule has 0 saturated carbocycles. The van der Waals surface area contributed by atoms with Crippen molar-refractivity contribution in [2.75, 3.05) is 5.73 Å². The summed E-state index contributed by atoms with van der Waals surface area (Å²) >= 11 is 6.12. The Morgan fingerprint density at radius 1 is 1.05 bits per heavy atom. The lowest BCUT2D eigenvalue weighted by Crippen LogP contribution is -2.01. The van der Waals surface area contributed by atoms with Crippen LogP contribution in [0.2, 0.25) is 5.02 Å². The van der Waals surface area contributed by atoms with Gasteiger partial charge in [-0.3, -0.25) is 0 Å². The zero-order chi connectivity index (χ0) is 15.0. The lowest BCUT2D eigenvalue weighted by molar-refractivity contribution is 0.894. The van der Waals surface area contributed by atoms with Gasteiger partial charge in [0.25, 0.3) is 0 Å². The summed E-state index contributed by atoms with van der Waals surface area (Å²) in [5.41, 5.74) is 11.2.